The molecular weight excluding hydrogens is 254 g/mol. The highest BCUT2D eigenvalue weighted by Crippen LogP contribution is 2.40. The van der Waals surface area contributed by atoms with Gasteiger partial charge in [0, 0.05) is 17.2 Å². The molecule has 0 aromatic heterocycles. The summed E-state index contributed by atoms with van der Waals surface area (Å²) in [5.41, 5.74) is 8.43. The summed E-state index contributed by atoms with van der Waals surface area (Å²) >= 11 is 0. The van der Waals surface area contributed by atoms with Crippen molar-refractivity contribution in [2.24, 2.45) is 0 Å². The van der Waals surface area contributed by atoms with Gasteiger partial charge in [-0.05, 0) is 56.2 Å². The highest BCUT2D eigenvalue weighted by Gasteiger charge is 2.32. The van der Waals surface area contributed by atoms with Crippen LogP contribution in [0.25, 0.3) is 5.70 Å². The predicted octanol–water partition coefficient (Wildman–Crippen LogP) is 5.10. The van der Waals surface area contributed by atoms with Gasteiger partial charge < -0.3 is 5.32 Å². The van der Waals surface area contributed by atoms with Crippen molar-refractivity contribution < 1.29 is 0 Å². The van der Waals surface area contributed by atoms with Gasteiger partial charge in [0.25, 0.3) is 0 Å². The Balaban J connectivity index is 2.06. The van der Waals surface area contributed by atoms with E-state index >= 15 is 0 Å². The Labute approximate surface area is 129 Å². The standard InChI is InChI=1S/C20H27N/c1-5-16-11-13(2)12-18-15(4)21-20(14(3)19(16)18)17-9-7-6-8-10-17/h9,11-12,14,20-21H,4-8,10H2,1-3H3. The second-order valence-corrected chi connectivity index (χ2v) is 6.65. The Hall–Kier alpha value is -1.50. The number of benzene rings is 1. The van der Waals surface area contributed by atoms with Crippen LogP contribution in [-0.4, -0.2) is 6.04 Å². The molecule has 0 spiro atoms. The lowest BCUT2D eigenvalue weighted by Gasteiger charge is -2.38. The number of allylic oxidation sites excluding steroid dienone is 1. The van der Waals surface area contributed by atoms with Gasteiger partial charge in [-0.25, -0.2) is 0 Å². The zero-order valence-corrected chi connectivity index (χ0v) is 13.6. The van der Waals surface area contributed by atoms with Gasteiger partial charge in [0.15, 0.2) is 0 Å². The molecule has 0 fully saturated rings. The molecule has 0 bridgehead atoms. The fourth-order valence-electron chi connectivity index (χ4n) is 4.07. The van der Waals surface area contributed by atoms with E-state index in [4.69, 9.17) is 0 Å². The van der Waals surface area contributed by atoms with Crippen molar-refractivity contribution in [3.8, 4) is 0 Å². The fourth-order valence-corrected chi connectivity index (χ4v) is 4.07. The quantitative estimate of drug-likeness (QED) is 0.743. The summed E-state index contributed by atoms with van der Waals surface area (Å²) in [5.74, 6) is 0.533. The van der Waals surface area contributed by atoms with Gasteiger partial charge in [0.1, 0.15) is 0 Å². The summed E-state index contributed by atoms with van der Waals surface area (Å²) in [4.78, 5) is 0. The lowest BCUT2D eigenvalue weighted by molar-refractivity contribution is 0.514. The molecular formula is C20H27N. The number of aryl methyl sites for hydroxylation is 2. The fraction of sp³-hybridized carbons (Fsp3) is 0.500. The van der Waals surface area contributed by atoms with Gasteiger partial charge in [-0.2, -0.15) is 0 Å². The van der Waals surface area contributed by atoms with Crippen LogP contribution in [0.5, 0.6) is 0 Å². The molecule has 1 N–H and O–H groups in total. The van der Waals surface area contributed by atoms with Crippen molar-refractivity contribution in [2.45, 2.75) is 64.8 Å². The van der Waals surface area contributed by atoms with Gasteiger partial charge in [-0.3, -0.25) is 0 Å². The van der Waals surface area contributed by atoms with Crippen molar-refractivity contribution in [1.82, 2.24) is 5.32 Å². The van der Waals surface area contributed by atoms with Crippen LogP contribution in [0.4, 0.5) is 0 Å². The minimum absolute atomic E-state index is 0.443. The zero-order chi connectivity index (χ0) is 15.0. The van der Waals surface area contributed by atoms with Gasteiger partial charge in [-0.15, -0.1) is 0 Å². The average molecular weight is 281 g/mol. The monoisotopic (exact) mass is 281 g/mol. The molecule has 3 rings (SSSR count). The number of hydrogen-bond donors (Lipinski definition) is 1. The summed E-state index contributed by atoms with van der Waals surface area (Å²) in [6.45, 7) is 11.1. The Morgan fingerprint density at radius 3 is 2.76 bits per heavy atom. The highest BCUT2D eigenvalue weighted by molar-refractivity contribution is 5.71. The van der Waals surface area contributed by atoms with Crippen molar-refractivity contribution >= 4 is 5.70 Å². The van der Waals surface area contributed by atoms with Crippen molar-refractivity contribution in [1.29, 1.82) is 0 Å². The van der Waals surface area contributed by atoms with Crippen molar-refractivity contribution in [2.75, 3.05) is 0 Å². The van der Waals surface area contributed by atoms with E-state index in [1.807, 2.05) is 0 Å². The summed E-state index contributed by atoms with van der Waals surface area (Å²) < 4.78 is 0. The van der Waals surface area contributed by atoms with Crippen LogP contribution in [0.1, 0.15) is 67.7 Å². The molecule has 1 aromatic rings. The molecule has 2 aliphatic rings. The molecule has 2 atom stereocenters. The summed E-state index contributed by atoms with van der Waals surface area (Å²) in [6, 6.07) is 5.10. The van der Waals surface area contributed by atoms with Gasteiger partial charge in [-0.1, -0.05) is 43.7 Å². The molecule has 21 heavy (non-hydrogen) atoms. The van der Waals surface area contributed by atoms with Crippen molar-refractivity contribution in [3.63, 3.8) is 0 Å². The van der Waals surface area contributed by atoms with Crippen LogP contribution >= 0.6 is 0 Å². The second-order valence-electron chi connectivity index (χ2n) is 6.65. The maximum absolute atomic E-state index is 4.31. The molecule has 1 aromatic carbocycles. The van der Waals surface area contributed by atoms with E-state index in [9.17, 15) is 0 Å². The van der Waals surface area contributed by atoms with E-state index in [0.29, 0.717) is 12.0 Å². The van der Waals surface area contributed by atoms with Gasteiger partial charge in [0.2, 0.25) is 0 Å². The lowest BCUT2D eigenvalue weighted by atomic mass is 9.76. The first-order valence-corrected chi connectivity index (χ1v) is 8.40. The Kier molecular flexibility index (Phi) is 3.93. The zero-order valence-electron chi connectivity index (χ0n) is 13.6. The van der Waals surface area contributed by atoms with E-state index in [0.717, 1.165) is 12.1 Å². The molecule has 1 aliphatic carbocycles. The normalized spacial score (nSPS) is 25.1. The Bertz CT molecular complexity index is 594. The molecule has 2 unspecified atom stereocenters. The van der Waals surface area contributed by atoms with Gasteiger partial charge >= 0.3 is 0 Å². The number of fused-ring (bicyclic) bond motifs is 1. The average Bonchev–Trinajstić information content (AvgIpc) is 2.50. The molecule has 0 saturated carbocycles. The molecule has 1 aliphatic heterocycles. The van der Waals surface area contributed by atoms with Crippen LogP contribution in [0.2, 0.25) is 0 Å². The predicted molar refractivity (Wildman–Crippen MR) is 91.5 cm³/mol. The van der Waals surface area contributed by atoms with Gasteiger partial charge in [0.05, 0.1) is 6.04 Å². The second kappa shape index (κ2) is 5.71. The molecule has 1 heteroatoms. The maximum atomic E-state index is 4.31. The van der Waals surface area contributed by atoms with E-state index in [2.05, 4.69) is 50.9 Å². The van der Waals surface area contributed by atoms with Crippen LogP contribution in [0, 0.1) is 6.92 Å². The van der Waals surface area contributed by atoms with E-state index < -0.39 is 0 Å². The molecule has 112 valence electrons. The first-order chi connectivity index (χ1) is 10.1. The van der Waals surface area contributed by atoms with E-state index in [1.54, 1.807) is 5.57 Å². The Morgan fingerprint density at radius 2 is 2.10 bits per heavy atom. The first-order valence-electron chi connectivity index (χ1n) is 8.40. The molecule has 0 saturated heterocycles. The molecule has 0 radical (unpaired) electrons. The third kappa shape index (κ3) is 2.54. The highest BCUT2D eigenvalue weighted by atomic mass is 15.0. The lowest BCUT2D eigenvalue weighted by Crippen LogP contribution is -2.39. The number of rotatable bonds is 2. The van der Waals surface area contributed by atoms with E-state index in [1.165, 1.54) is 47.9 Å². The molecule has 1 nitrogen and oxygen atoms in total. The van der Waals surface area contributed by atoms with Crippen molar-refractivity contribution in [3.05, 3.63) is 52.6 Å². The van der Waals surface area contributed by atoms with Crippen LogP contribution in [0.3, 0.4) is 0 Å². The van der Waals surface area contributed by atoms with E-state index in [-0.39, 0.29) is 0 Å². The third-order valence-corrected chi connectivity index (χ3v) is 5.13. The summed E-state index contributed by atoms with van der Waals surface area (Å²) in [6.07, 6.45) is 8.75. The number of hydrogen-bond acceptors (Lipinski definition) is 1. The van der Waals surface area contributed by atoms with Crippen LogP contribution < -0.4 is 5.32 Å². The molecule has 0 amide bonds. The SMILES string of the molecule is C=C1NC(C2=CCCCC2)C(C)c2c(CC)cc(C)cc21. The number of nitrogens with one attached hydrogen (secondary N) is 1. The minimum atomic E-state index is 0.443. The maximum Gasteiger partial charge on any atom is 0.0540 e. The topological polar surface area (TPSA) is 12.0 Å². The third-order valence-electron chi connectivity index (χ3n) is 5.13. The summed E-state index contributed by atoms with van der Waals surface area (Å²) in [5, 5.41) is 3.71. The minimum Gasteiger partial charge on any atom is -0.378 e. The molecule has 1 heterocycles. The smallest absolute Gasteiger partial charge is 0.0540 e. The largest absolute Gasteiger partial charge is 0.378 e. The first kappa shape index (κ1) is 14.4. The summed E-state index contributed by atoms with van der Waals surface area (Å²) in [7, 11) is 0. The Morgan fingerprint density at radius 1 is 1.29 bits per heavy atom. The van der Waals surface area contributed by atoms with Crippen LogP contribution in [0.15, 0.2) is 30.4 Å². The van der Waals surface area contributed by atoms with Crippen LogP contribution in [-0.2, 0) is 6.42 Å².